The number of nitrogens with one attached hydrogen (secondary N) is 2. The molecular weight excluding hydrogens is 276 g/mol. The van der Waals surface area contributed by atoms with Gasteiger partial charge in [-0.05, 0) is 37.3 Å². The maximum absolute atomic E-state index is 11.9. The third kappa shape index (κ3) is 3.30. The second-order valence-corrected chi connectivity index (χ2v) is 5.79. The average Bonchev–Trinajstić information content (AvgIpc) is 2.88. The molecule has 0 bridgehead atoms. The first-order valence-electron chi connectivity index (χ1n) is 7.81. The Kier molecular flexibility index (Phi) is 4.42. The van der Waals surface area contributed by atoms with Crippen LogP contribution in [0.5, 0.6) is 0 Å². The maximum Gasteiger partial charge on any atom is 0.315 e. The van der Waals surface area contributed by atoms with E-state index in [4.69, 9.17) is 0 Å². The van der Waals surface area contributed by atoms with E-state index in [0.29, 0.717) is 12.5 Å². The summed E-state index contributed by atoms with van der Waals surface area (Å²) in [5, 5.41) is 5.84. The van der Waals surface area contributed by atoms with Crippen molar-refractivity contribution in [3.05, 3.63) is 42.2 Å². The summed E-state index contributed by atoms with van der Waals surface area (Å²) in [6, 6.07) is 7.85. The first kappa shape index (κ1) is 14.6. The number of para-hydroxylation sites is 2. The van der Waals surface area contributed by atoms with Crippen molar-refractivity contribution in [3.63, 3.8) is 0 Å². The summed E-state index contributed by atoms with van der Waals surface area (Å²) >= 11 is 0. The lowest BCUT2D eigenvalue weighted by molar-refractivity contribution is 0.237. The number of nitrogens with zero attached hydrogens (tertiary/aromatic N) is 2. The van der Waals surface area contributed by atoms with E-state index in [9.17, 15) is 4.79 Å². The van der Waals surface area contributed by atoms with Crippen molar-refractivity contribution >= 4 is 17.1 Å². The van der Waals surface area contributed by atoms with Crippen molar-refractivity contribution in [2.45, 2.75) is 25.8 Å². The molecule has 1 heterocycles. The predicted octanol–water partition coefficient (Wildman–Crippen LogP) is 2.73. The van der Waals surface area contributed by atoms with E-state index in [1.165, 1.54) is 0 Å². The van der Waals surface area contributed by atoms with Crippen molar-refractivity contribution in [3.8, 4) is 0 Å². The van der Waals surface area contributed by atoms with E-state index in [1.54, 1.807) is 0 Å². The number of aryl methyl sites for hydroxylation is 1. The van der Waals surface area contributed by atoms with Gasteiger partial charge >= 0.3 is 6.03 Å². The van der Waals surface area contributed by atoms with Gasteiger partial charge in [-0.25, -0.2) is 9.78 Å². The molecule has 0 aliphatic heterocycles. The summed E-state index contributed by atoms with van der Waals surface area (Å²) in [5.74, 6) is 1.42. The zero-order chi connectivity index (χ0) is 15.4. The fraction of sp³-hybridized carbons (Fsp3) is 0.412. The third-order valence-corrected chi connectivity index (χ3v) is 4.22. The molecule has 2 N–H and O–H groups in total. The van der Waals surface area contributed by atoms with E-state index in [2.05, 4.69) is 27.8 Å². The maximum atomic E-state index is 11.9. The number of fused-ring (bicyclic) bond motifs is 1. The SMILES string of the molecule is Cn1c(CNC(=O)NCC2CC=CCC2)nc2ccccc21. The minimum absolute atomic E-state index is 0.124. The van der Waals surface area contributed by atoms with E-state index in [0.717, 1.165) is 42.7 Å². The normalized spacial score (nSPS) is 17.6. The highest BCUT2D eigenvalue weighted by atomic mass is 16.2. The summed E-state index contributed by atoms with van der Waals surface area (Å²) in [6.45, 7) is 1.17. The molecule has 5 heteroatoms. The van der Waals surface area contributed by atoms with Gasteiger partial charge in [0.1, 0.15) is 5.82 Å². The second-order valence-electron chi connectivity index (χ2n) is 5.79. The Bertz CT molecular complexity index is 689. The lowest BCUT2D eigenvalue weighted by atomic mass is 9.94. The fourth-order valence-corrected chi connectivity index (χ4v) is 2.85. The molecule has 1 aliphatic rings. The summed E-state index contributed by atoms with van der Waals surface area (Å²) in [7, 11) is 1.97. The molecule has 1 aromatic carbocycles. The van der Waals surface area contributed by atoms with Gasteiger partial charge in [0.25, 0.3) is 0 Å². The van der Waals surface area contributed by atoms with Gasteiger partial charge < -0.3 is 15.2 Å². The Morgan fingerprint density at radius 3 is 2.95 bits per heavy atom. The van der Waals surface area contributed by atoms with Crippen molar-refractivity contribution in [2.75, 3.05) is 6.54 Å². The molecule has 0 spiro atoms. The van der Waals surface area contributed by atoms with Crippen LogP contribution in [0.1, 0.15) is 25.1 Å². The van der Waals surface area contributed by atoms with E-state index in [-0.39, 0.29) is 6.03 Å². The van der Waals surface area contributed by atoms with Crippen LogP contribution in [0.3, 0.4) is 0 Å². The Hall–Kier alpha value is -2.30. The van der Waals surface area contributed by atoms with Gasteiger partial charge in [0.05, 0.1) is 17.6 Å². The number of carbonyl (C=O) groups is 1. The van der Waals surface area contributed by atoms with Gasteiger partial charge in [-0.2, -0.15) is 0 Å². The van der Waals surface area contributed by atoms with Crippen LogP contribution in [-0.2, 0) is 13.6 Å². The van der Waals surface area contributed by atoms with Crippen molar-refractivity contribution < 1.29 is 4.79 Å². The number of hydrogen-bond acceptors (Lipinski definition) is 2. The Balaban J connectivity index is 1.51. The first-order valence-corrected chi connectivity index (χ1v) is 7.81. The molecule has 116 valence electrons. The summed E-state index contributed by atoms with van der Waals surface area (Å²) in [6.07, 6.45) is 7.75. The van der Waals surface area contributed by atoms with Gasteiger partial charge in [-0.1, -0.05) is 24.3 Å². The fourth-order valence-electron chi connectivity index (χ4n) is 2.85. The molecule has 2 aromatic rings. The summed E-state index contributed by atoms with van der Waals surface area (Å²) < 4.78 is 2.02. The van der Waals surface area contributed by atoms with Gasteiger partial charge in [0.15, 0.2) is 0 Å². The molecule has 1 atom stereocenters. The highest BCUT2D eigenvalue weighted by molar-refractivity contribution is 5.76. The van der Waals surface area contributed by atoms with Crippen molar-refractivity contribution in [1.82, 2.24) is 20.2 Å². The summed E-state index contributed by atoms with van der Waals surface area (Å²) in [4.78, 5) is 16.5. The van der Waals surface area contributed by atoms with Crippen LogP contribution >= 0.6 is 0 Å². The smallest absolute Gasteiger partial charge is 0.315 e. The van der Waals surface area contributed by atoms with Crippen molar-refractivity contribution in [1.29, 1.82) is 0 Å². The number of rotatable bonds is 4. The third-order valence-electron chi connectivity index (χ3n) is 4.22. The summed E-state index contributed by atoms with van der Waals surface area (Å²) in [5.41, 5.74) is 2.03. The van der Waals surface area contributed by atoms with Gasteiger partial charge in [-0.15, -0.1) is 0 Å². The molecule has 5 nitrogen and oxygen atoms in total. The monoisotopic (exact) mass is 298 g/mol. The molecule has 0 fully saturated rings. The topological polar surface area (TPSA) is 59.0 Å². The van der Waals surface area contributed by atoms with Crippen LogP contribution in [0.4, 0.5) is 4.79 Å². The van der Waals surface area contributed by atoms with Gasteiger partial charge in [0, 0.05) is 13.6 Å². The zero-order valence-electron chi connectivity index (χ0n) is 12.9. The molecule has 0 saturated heterocycles. The Labute approximate surface area is 130 Å². The number of aromatic nitrogens is 2. The minimum atomic E-state index is -0.124. The molecule has 22 heavy (non-hydrogen) atoms. The quantitative estimate of drug-likeness (QED) is 0.853. The van der Waals surface area contributed by atoms with E-state index < -0.39 is 0 Å². The van der Waals surface area contributed by atoms with Gasteiger partial charge in [0.2, 0.25) is 0 Å². The molecule has 1 aromatic heterocycles. The zero-order valence-corrected chi connectivity index (χ0v) is 12.9. The second kappa shape index (κ2) is 6.64. The number of hydrogen-bond donors (Lipinski definition) is 2. The number of carbonyl (C=O) groups excluding carboxylic acids is 1. The number of amides is 2. The number of imidazole rings is 1. The predicted molar refractivity (Wildman–Crippen MR) is 87.4 cm³/mol. The number of benzene rings is 1. The molecular formula is C17H22N4O. The molecule has 0 saturated carbocycles. The highest BCUT2D eigenvalue weighted by Crippen LogP contribution is 2.17. The molecule has 1 aliphatic carbocycles. The van der Waals surface area contributed by atoms with Crippen LogP contribution in [0, 0.1) is 5.92 Å². The molecule has 1 unspecified atom stereocenters. The Morgan fingerprint density at radius 1 is 1.32 bits per heavy atom. The molecule has 2 amide bonds. The van der Waals surface area contributed by atoms with E-state index in [1.807, 2.05) is 35.9 Å². The lowest BCUT2D eigenvalue weighted by Crippen LogP contribution is -2.38. The lowest BCUT2D eigenvalue weighted by Gasteiger charge is -2.18. The number of urea groups is 1. The largest absolute Gasteiger partial charge is 0.338 e. The van der Waals surface area contributed by atoms with Crippen molar-refractivity contribution in [2.24, 2.45) is 13.0 Å². The first-order chi connectivity index (χ1) is 10.7. The minimum Gasteiger partial charge on any atom is -0.338 e. The highest BCUT2D eigenvalue weighted by Gasteiger charge is 2.12. The van der Waals surface area contributed by atoms with Crippen LogP contribution < -0.4 is 10.6 Å². The average molecular weight is 298 g/mol. The Morgan fingerprint density at radius 2 is 2.18 bits per heavy atom. The molecule has 0 radical (unpaired) electrons. The van der Waals surface area contributed by atoms with Crippen LogP contribution in [0.2, 0.25) is 0 Å². The van der Waals surface area contributed by atoms with E-state index >= 15 is 0 Å². The van der Waals surface area contributed by atoms with Crippen LogP contribution in [0.15, 0.2) is 36.4 Å². The van der Waals surface area contributed by atoms with Crippen LogP contribution in [0.25, 0.3) is 11.0 Å². The van der Waals surface area contributed by atoms with Crippen LogP contribution in [-0.4, -0.2) is 22.1 Å². The molecule has 3 rings (SSSR count). The number of allylic oxidation sites excluding steroid dienone is 2. The van der Waals surface area contributed by atoms with Gasteiger partial charge in [-0.3, -0.25) is 0 Å². The standard InChI is InChI=1S/C17H22N4O/c1-21-15-10-6-5-9-14(15)20-16(21)12-19-17(22)18-11-13-7-3-2-4-8-13/h2-3,5-6,9-10,13H,4,7-8,11-12H2,1H3,(H2,18,19,22).